The van der Waals surface area contributed by atoms with Crippen LogP contribution in [0.3, 0.4) is 0 Å². The number of nitrogens with one attached hydrogen (secondary N) is 1. The molecule has 0 unspecified atom stereocenters. The van der Waals surface area contributed by atoms with Crippen LogP contribution in [-0.4, -0.2) is 26.2 Å². The van der Waals surface area contributed by atoms with E-state index in [1.165, 1.54) is 24.2 Å². The Bertz CT molecular complexity index is 568. The van der Waals surface area contributed by atoms with Gasteiger partial charge in [0.15, 0.2) is 5.16 Å². The summed E-state index contributed by atoms with van der Waals surface area (Å²) in [5.41, 5.74) is 6.05. The minimum Gasteiger partial charge on any atom is -0.368 e. The molecule has 0 radical (unpaired) electrons. The van der Waals surface area contributed by atoms with Crippen molar-refractivity contribution in [3.8, 4) is 11.3 Å². The minimum atomic E-state index is -0.238. The molecule has 2 aromatic rings. The Labute approximate surface area is 95.4 Å². The van der Waals surface area contributed by atoms with E-state index >= 15 is 0 Å². The molecule has 2 heterocycles. The molecule has 0 aliphatic carbocycles. The van der Waals surface area contributed by atoms with Crippen molar-refractivity contribution in [2.45, 2.75) is 5.16 Å². The molecule has 0 aliphatic rings. The molecule has 82 valence electrons. The van der Waals surface area contributed by atoms with Crippen LogP contribution in [-0.2, 0) is 0 Å². The Balaban J connectivity index is 2.53. The molecular weight excluding hydrogens is 226 g/mol. The van der Waals surface area contributed by atoms with Gasteiger partial charge in [0, 0.05) is 12.4 Å². The fourth-order valence-electron chi connectivity index (χ4n) is 1.19. The van der Waals surface area contributed by atoms with Crippen LogP contribution in [0.25, 0.3) is 11.3 Å². The fourth-order valence-corrected chi connectivity index (χ4v) is 1.54. The molecule has 0 spiro atoms. The summed E-state index contributed by atoms with van der Waals surface area (Å²) in [6.45, 7) is 0. The molecule has 2 rings (SSSR count). The van der Waals surface area contributed by atoms with Crippen molar-refractivity contribution in [2.24, 2.45) is 0 Å². The third-order valence-electron chi connectivity index (χ3n) is 1.92. The van der Waals surface area contributed by atoms with Crippen molar-refractivity contribution in [1.82, 2.24) is 19.9 Å². The third-order valence-corrected chi connectivity index (χ3v) is 2.51. The standard InChI is InChI=1S/C9H9N5OS/c1-16-9-12-4-5(7(15)14-9)6-2-3-11-8(10)13-6/h2-4H,1H3,(H2,10,11,13)(H,12,14,15). The number of aromatic amines is 1. The molecule has 6 nitrogen and oxygen atoms in total. The van der Waals surface area contributed by atoms with E-state index in [9.17, 15) is 4.79 Å². The van der Waals surface area contributed by atoms with E-state index in [0.717, 1.165) is 0 Å². The second-order valence-electron chi connectivity index (χ2n) is 2.94. The van der Waals surface area contributed by atoms with Crippen LogP contribution in [0.5, 0.6) is 0 Å². The molecule has 0 fully saturated rings. The van der Waals surface area contributed by atoms with Gasteiger partial charge in [0.2, 0.25) is 5.95 Å². The van der Waals surface area contributed by atoms with Gasteiger partial charge in [-0.2, -0.15) is 0 Å². The van der Waals surface area contributed by atoms with Gasteiger partial charge >= 0.3 is 0 Å². The average molecular weight is 235 g/mol. The first kappa shape index (κ1) is 10.6. The second kappa shape index (κ2) is 4.31. The summed E-state index contributed by atoms with van der Waals surface area (Å²) in [7, 11) is 0. The molecule has 0 aliphatic heterocycles. The van der Waals surface area contributed by atoms with Gasteiger partial charge in [-0.1, -0.05) is 11.8 Å². The summed E-state index contributed by atoms with van der Waals surface area (Å²) >= 11 is 1.37. The Morgan fingerprint density at radius 3 is 2.88 bits per heavy atom. The zero-order valence-corrected chi connectivity index (χ0v) is 9.28. The summed E-state index contributed by atoms with van der Waals surface area (Å²) < 4.78 is 0. The van der Waals surface area contributed by atoms with Crippen molar-refractivity contribution in [3.63, 3.8) is 0 Å². The molecule has 0 saturated carbocycles. The summed E-state index contributed by atoms with van der Waals surface area (Å²) in [5.74, 6) is 0.130. The van der Waals surface area contributed by atoms with Gasteiger partial charge in [0.25, 0.3) is 5.56 Å². The molecule has 0 amide bonds. The highest BCUT2D eigenvalue weighted by Gasteiger charge is 2.06. The van der Waals surface area contributed by atoms with Crippen LogP contribution in [0.2, 0.25) is 0 Å². The predicted molar refractivity (Wildman–Crippen MR) is 62.1 cm³/mol. The Morgan fingerprint density at radius 1 is 1.44 bits per heavy atom. The number of hydrogen-bond donors (Lipinski definition) is 2. The summed E-state index contributed by atoms with van der Waals surface area (Å²) in [6, 6.07) is 1.61. The van der Waals surface area contributed by atoms with E-state index in [1.54, 1.807) is 6.07 Å². The van der Waals surface area contributed by atoms with Gasteiger partial charge in [-0.15, -0.1) is 0 Å². The maximum atomic E-state index is 11.7. The van der Waals surface area contributed by atoms with E-state index in [1.807, 2.05) is 6.26 Å². The smallest absolute Gasteiger partial charge is 0.260 e. The first-order valence-corrected chi connectivity index (χ1v) is 5.65. The summed E-state index contributed by atoms with van der Waals surface area (Å²) in [6.07, 6.45) is 4.81. The Kier molecular flexibility index (Phi) is 2.86. The van der Waals surface area contributed by atoms with Gasteiger partial charge in [-0.3, -0.25) is 4.79 Å². The van der Waals surface area contributed by atoms with E-state index in [-0.39, 0.29) is 11.5 Å². The zero-order chi connectivity index (χ0) is 11.5. The lowest BCUT2D eigenvalue weighted by Gasteiger charge is -2.00. The van der Waals surface area contributed by atoms with Crippen LogP contribution in [0.1, 0.15) is 0 Å². The predicted octanol–water partition coefficient (Wildman–Crippen LogP) is 0.531. The monoisotopic (exact) mass is 235 g/mol. The molecule has 0 bridgehead atoms. The highest BCUT2D eigenvalue weighted by atomic mass is 32.2. The normalized spacial score (nSPS) is 10.3. The fraction of sp³-hybridized carbons (Fsp3) is 0.111. The minimum absolute atomic E-state index is 0.130. The Hall–Kier alpha value is -1.89. The van der Waals surface area contributed by atoms with Gasteiger partial charge < -0.3 is 10.7 Å². The molecule has 0 atom stereocenters. The lowest BCUT2D eigenvalue weighted by molar-refractivity contribution is 0.940. The first-order valence-electron chi connectivity index (χ1n) is 4.43. The molecule has 7 heteroatoms. The number of aromatic nitrogens is 4. The van der Waals surface area contributed by atoms with Crippen molar-refractivity contribution in [1.29, 1.82) is 0 Å². The molecular formula is C9H9N5OS. The van der Waals surface area contributed by atoms with Crippen molar-refractivity contribution in [3.05, 3.63) is 28.8 Å². The van der Waals surface area contributed by atoms with E-state index in [0.29, 0.717) is 16.4 Å². The quantitative estimate of drug-likeness (QED) is 0.582. The molecule has 2 aromatic heterocycles. The number of hydrogen-bond acceptors (Lipinski definition) is 6. The van der Waals surface area contributed by atoms with Crippen LogP contribution in [0.4, 0.5) is 5.95 Å². The molecule has 0 aromatic carbocycles. The van der Waals surface area contributed by atoms with Crippen LogP contribution >= 0.6 is 11.8 Å². The summed E-state index contributed by atoms with van der Waals surface area (Å²) in [5, 5.41) is 0.566. The summed E-state index contributed by atoms with van der Waals surface area (Å²) in [4.78, 5) is 26.1. The van der Waals surface area contributed by atoms with Crippen LogP contribution in [0, 0.1) is 0 Å². The second-order valence-corrected chi connectivity index (χ2v) is 3.73. The SMILES string of the molecule is CSc1ncc(-c2ccnc(N)n2)c(=O)[nH]1. The zero-order valence-electron chi connectivity index (χ0n) is 8.47. The number of anilines is 1. The number of nitrogen functional groups attached to an aromatic ring is 1. The topological polar surface area (TPSA) is 97.5 Å². The lowest BCUT2D eigenvalue weighted by atomic mass is 10.2. The van der Waals surface area contributed by atoms with Crippen molar-refractivity contribution < 1.29 is 0 Å². The van der Waals surface area contributed by atoms with Crippen LogP contribution < -0.4 is 11.3 Å². The van der Waals surface area contributed by atoms with E-state index < -0.39 is 0 Å². The van der Waals surface area contributed by atoms with Crippen LogP contribution in [0.15, 0.2) is 28.4 Å². The van der Waals surface area contributed by atoms with E-state index in [2.05, 4.69) is 19.9 Å². The first-order chi connectivity index (χ1) is 7.70. The highest BCUT2D eigenvalue weighted by molar-refractivity contribution is 7.98. The average Bonchev–Trinajstić information content (AvgIpc) is 2.28. The molecule has 16 heavy (non-hydrogen) atoms. The van der Waals surface area contributed by atoms with Crippen molar-refractivity contribution >= 4 is 17.7 Å². The van der Waals surface area contributed by atoms with Gasteiger partial charge in [0.05, 0.1) is 11.3 Å². The molecule has 3 N–H and O–H groups in total. The third kappa shape index (κ3) is 2.03. The highest BCUT2D eigenvalue weighted by Crippen LogP contribution is 2.12. The maximum Gasteiger partial charge on any atom is 0.260 e. The van der Waals surface area contributed by atoms with E-state index in [4.69, 9.17) is 5.73 Å². The molecule has 0 saturated heterocycles. The number of nitrogens with zero attached hydrogens (tertiary/aromatic N) is 3. The lowest BCUT2D eigenvalue weighted by Crippen LogP contribution is -2.12. The number of rotatable bonds is 2. The van der Waals surface area contributed by atoms with Crippen molar-refractivity contribution in [2.75, 3.05) is 12.0 Å². The number of nitrogens with two attached hydrogens (primary N) is 1. The number of thioether (sulfide) groups is 1. The van der Waals surface area contributed by atoms with Gasteiger partial charge in [-0.25, -0.2) is 15.0 Å². The van der Waals surface area contributed by atoms with Gasteiger partial charge in [-0.05, 0) is 12.3 Å². The maximum absolute atomic E-state index is 11.7. The number of H-pyrrole nitrogens is 1. The Morgan fingerprint density at radius 2 is 2.25 bits per heavy atom. The largest absolute Gasteiger partial charge is 0.368 e. The van der Waals surface area contributed by atoms with Gasteiger partial charge in [0.1, 0.15) is 0 Å².